The van der Waals surface area contributed by atoms with Gasteiger partial charge in [0.15, 0.2) is 17.5 Å². The second-order valence-corrected chi connectivity index (χ2v) is 8.13. The Morgan fingerprint density at radius 3 is 2.40 bits per heavy atom. The van der Waals surface area contributed by atoms with Gasteiger partial charge in [-0.2, -0.15) is 0 Å². The fourth-order valence-corrected chi connectivity index (χ4v) is 3.83. The molecule has 0 saturated heterocycles. The van der Waals surface area contributed by atoms with Gasteiger partial charge in [-0.05, 0) is 57.5 Å². The van der Waals surface area contributed by atoms with Crippen LogP contribution >= 0.6 is 0 Å². The Labute approximate surface area is 182 Å². The number of aliphatic imine (C=N–C) groups is 1. The Bertz CT molecular complexity index is 828. The number of rotatable bonds is 11. The molecule has 0 aliphatic rings. The van der Waals surface area contributed by atoms with Crippen molar-refractivity contribution in [2.75, 3.05) is 32.1 Å². The summed E-state index contributed by atoms with van der Waals surface area (Å²) in [5.74, 6) is 2.67. The predicted octanol–water partition coefficient (Wildman–Crippen LogP) is 3.91. The van der Waals surface area contributed by atoms with Gasteiger partial charge in [-0.1, -0.05) is 24.3 Å². The summed E-state index contributed by atoms with van der Waals surface area (Å²) < 4.78 is 23.8. The Morgan fingerprint density at radius 1 is 1.03 bits per heavy atom. The topological polar surface area (TPSA) is 72.0 Å². The van der Waals surface area contributed by atoms with Crippen LogP contribution in [0.5, 0.6) is 11.5 Å². The first-order valence-corrected chi connectivity index (χ1v) is 11.8. The number of nitrogens with one attached hydrogen (secondary N) is 2. The fraction of sp³-hybridized carbons (Fsp3) is 0.435. The average Bonchev–Trinajstić information content (AvgIpc) is 2.76. The highest BCUT2D eigenvalue weighted by Crippen LogP contribution is 2.30. The summed E-state index contributed by atoms with van der Waals surface area (Å²) in [7, 11) is -1.06. The standard InChI is InChI=1S/C23H33N3O3S/c1-5-24-23(25-15-16-30(27)20-11-9-8-10-12-20)26-18(4)19-13-14-21(28-6-2)22(17-19)29-7-3/h8-14,17-18H,5-7,15-16H2,1-4H3,(H2,24,25,26). The van der Waals surface area contributed by atoms with Crippen LogP contribution in [0.1, 0.15) is 39.3 Å². The van der Waals surface area contributed by atoms with Gasteiger partial charge in [0.05, 0.1) is 36.6 Å². The molecule has 0 radical (unpaired) electrons. The van der Waals surface area contributed by atoms with Crippen LogP contribution in [0.15, 0.2) is 58.4 Å². The van der Waals surface area contributed by atoms with Gasteiger partial charge < -0.3 is 20.1 Å². The molecule has 0 bridgehead atoms. The van der Waals surface area contributed by atoms with Crippen LogP contribution in [0.2, 0.25) is 0 Å². The van der Waals surface area contributed by atoms with Gasteiger partial charge in [0.1, 0.15) is 0 Å². The van der Waals surface area contributed by atoms with Crippen molar-refractivity contribution in [1.29, 1.82) is 0 Å². The number of hydrogen-bond acceptors (Lipinski definition) is 4. The van der Waals surface area contributed by atoms with Gasteiger partial charge in [0, 0.05) is 17.2 Å². The summed E-state index contributed by atoms with van der Waals surface area (Å²) in [6.07, 6.45) is 0. The van der Waals surface area contributed by atoms with Gasteiger partial charge in [-0.3, -0.25) is 9.20 Å². The lowest BCUT2D eigenvalue weighted by Gasteiger charge is -2.20. The van der Waals surface area contributed by atoms with E-state index in [1.807, 2.05) is 69.3 Å². The van der Waals surface area contributed by atoms with E-state index in [2.05, 4.69) is 22.5 Å². The highest BCUT2D eigenvalue weighted by Gasteiger charge is 2.12. The second kappa shape index (κ2) is 12.9. The molecule has 2 aromatic carbocycles. The Kier molecular flexibility index (Phi) is 10.2. The molecule has 164 valence electrons. The van der Waals surface area contributed by atoms with Crippen LogP contribution < -0.4 is 20.1 Å². The molecule has 2 rings (SSSR count). The lowest BCUT2D eigenvalue weighted by molar-refractivity contribution is 0.287. The monoisotopic (exact) mass is 431 g/mol. The first-order chi connectivity index (χ1) is 14.6. The third-order valence-electron chi connectivity index (χ3n) is 4.32. The minimum absolute atomic E-state index is 0.0114. The fourth-order valence-electron chi connectivity index (χ4n) is 2.88. The normalized spacial score (nSPS) is 13.4. The molecule has 2 aromatic rings. The Morgan fingerprint density at radius 2 is 1.73 bits per heavy atom. The molecule has 30 heavy (non-hydrogen) atoms. The van der Waals surface area contributed by atoms with Crippen molar-refractivity contribution in [2.24, 2.45) is 4.99 Å². The molecule has 7 heteroatoms. The predicted molar refractivity (Wildman–Crippen MR) is 124 cm³/mol. The molecule has 0 spiro atoms. The molecule has 2 atom stereocenters. The van der Waals surface area contributed by atoms with E-state index in [4.69, 9.17) is 9.47 Å². The van der Waals surface area contributed by atoms with Crippen molar-refractivity contribution in [2.45, 2.75) is 38.6 Å². The molecule has 0 aliphatic heterocycles. The van der Waals surface area contributed by atoms with E-state index >= 15 is 0 Å². The maximum Gasteiger partial charge on any atom is 0.191 e. The lowest BCUT2D eigenvalue weighted by Crippen LogP contribution is -2.39. The zero-order chi connectivity index (χ0) is 21.8. The summed E-state index contributed by atoms with van der Waals surface area (Å²) in [5, 5.41) is 6.66. The summed E-state index contributed by atoms with van der Waals surface area (Å²) in [5.41, 5.74) is 1.07. The summed E-state index contributed by atoms with van der Waals surface area (Å²) >= 11 is 0. The van der Waals surface area contributed by atoms with E-state index in [1.54, 1.807) is 0 Å². The van der Waals surface area contributed by atoms with Crippen molar-refractivity contribution >= 4 is 16.8 Å². The van der Waals surface area contributed by atoms with Gasteiger partial charge in [-0.25, -0.2) is 0 Å². The van der Waals surface area contributed by atoms with Gasteiger partial charge in [0.2, 0.25) is 0 Å². The Balaban J connectivity index is 2.03. The molecule has 0 saturated carbocycles. The van der Waals surface area contributed by atoms with E-state index in [-0.39, 0.29) is 6.04 Å². The SMILES string of the molecule is CCNC(=NCCS(=O)c1ccccc1)NC(C)c1ccc(OCC)c(OCC)c1. The zero-order valence-corrected chi connectivity index (χ0v) is 19.1. The molecule has 0 aliphatic carbocycles. The van der Waals surface area contributed by atoms with Gasteiger partial charge >= 0.3 is 0 Å². The van der Waals surface area contributed by atoms with Crippen molar-refractivity contribution < 1.29 is 13.7 Å². The molecule has 0 amide bonds. The second-order valence-electron chi connectivity index (χ2n) is 6.56. The zero-order valence-electron chi connectivity index (χ0n) is 18.3. The quantitative estimate of drug-likeness (QED) is 0.417. The van der Waals surface area contributed by atoms with E-state index in [0.717, 1.165) is 28.5 Å². The third kappa shape index (κ3) is 7.37. The molecular formula is C23H33N3O3S. The highest BCUT2D eigenvalue weighted by atomic mass is 32.2. The first-order valence-electron chi connectivity index (χ1n) is 10.5. The smallest absolute Gasteiger partial charge is 0.191 e. The molecule has 2 unspecified atom stereocenters. The summed E-state index contributed by atoms with van der Waals surface area (Å²) in [6.45, 7) is 10.4. The van der Waals surface area contributed by atoms with Crippen molar-refractivity contribution in [3.63, 3.8) is 0 Å². The number of nitrogens with zero attached hydrogens (tertiary/aromatic N) is 1. The van der Waals surface area contributed by atoms with Crippen molar-refractivity contribution in [1.82, 2.24) is 10.6 Å². The minimum Gasteiger partial charge on any atom is -0.490 e. The molecule has 2 N–H and O–H groups in total. The molecular weight excluding hydrogens is 398 g/mol. The Hall–Kier alpha value is -2.54. The molecule has 0 aromatic heterocycles. The first kappa shape index (κ1) is 23.7. The van der Waals surface area contributed by atoms with E-state index in [9.17, 15) is 4.21 Å². The third-order valence-corrected chi connectivity index (χ3v) is 5.67. The number of guanidine groups is 1. The van der Waals surface area contributed by atoms with Crippen LogP contribution in [-0.2, 0) is 10.8 Å². The summed E-state index contributed by atoms with van der Waals surface area (Å²) in [4.78, 5) is 5.43. The maximum atomic E-state index is 12.4. The van der Waals surface area contributed by atoms with Crippen molar-refractivity contribution in [3.8, 4) is 11.5 Å². The van der Waals surface area contributed by atoms with Crippen LogP contribution in [0.3, 0.4) is 0 Å². The van der Waals surface area contributed by atoms with Gasteiger partial charge in [-0.15, -0.1) is 0 Å². The number of benzene rings is 2. The summed E-state index contributed by atoms with van der Waals surface area (Å²) in [6, 6.07) is 15.5. The van der Waals surface area contributed by atoms with E-state index < -0.39 is 10.8 Å². The number of hydrogen-bond donors (Lipinski definition) is 2. The number of ether oxygens (including phenoxy) is 2. The van der Waals surface area contributed by atoms with Crippen LogP contribution in [0, 0.1) is 0 Å². The molecule has 0 fully saturated rings. The van der Waals surface area contributed by atoms with Crippen LogP contribution in [0.4, 0.5) is 0 Å². The van der Waals surface area contributed by atoms with Crippen molar-refractivity contribution in [3.05, 3.63) is 54.1 Å². The minimum atomic E-state index is -1.06. The highest BCUT2D eigenvalue weighted by molar-refractivity contribution is 7.85. The van der Waals surface area contributed by atoms with Gasteiger partial charge in [0.25, 0.3) is 0 Å². The van der Waals surface area contributed by atoms with E-state index in [0.29, 0.717) is 31.5 Å². The average molecular weight is 432 g/mol. The van der Waals surface area contributed by atoms with E-state index in [1.165, 1.54) is 0 Å². The largest absolute Gasteiger partial charge is 0.490 e. The maximum absolute atomic E-state index is 12.4. The van der Waals surface area contributed by atoms with Crippen LogP contribution in [-0.4, -0.2) is 42.2 Å². The van der Waals surface area contributed by atoms with Crippen LogP contribution in [0.25, 0.3) is 0 Å². The molecule has 0 heterocycles. The molecule has 6 nitrogen and oxygen atoms in total. The lowest BCUT2D eigenvalue weighted by atomic mass is 10.1.